The average Bonchev–Trinajstić information content (AvgIpc) is 3.36. The molecular weight excluding hydrogens is 385 g/mol. The fourth-order valence-electron chi connectivity index (χ4n) is 4.62. The van der Waals surface area contributed by atoms with E-state index in [4.69, 9.17) is 0 Å². The van der Waals surface area contributed by atoms with Crippen LogP contribution < -0.4 is 4.90 Å². The molecule has 1 saturated carbocycles. The maximum Gasteiger partial charge on any atom is 0.417 e. The molecule has 3 fully saturated rings. The van der Waals surface area contributed by atoms with Crippen LogP contribution in [0.1, 0.15) is 37.7 Å². The van der Waals surface area contributed by atoms with E-state index in [1.54, 1.807) is 4.90 Å². The van der Waals surface area contributed by atoms with Crippen molar-refractivity contribution in [3.05, 3.63) is 23.9 Å². The van der Waals surface area contributed by atoms with E-state index in [1.807, 2.05) is 9.80 Å². The highest BCUT2D eigenvalue weighted by Gasteiger charge is 2.40. The predicted octanol–water partition coefficient (Wildman–Crippen LogP) is 2.54. The van der Waals surface area contributed by atoms with Gasteiger partial charge in [-0.25, -0.2) is 4.98 Å². The van der Waals surface area contributed by atoms with Gasteiger partial charge < -0.3 is 14.7 Å². The van der Waals surface area contributed by atoms with Crippen LogP contribution in [0, 0.1) is 5.92 Å². The molecule has 0 aromatic carbocycles. The normalized spacial score (nSPS) is 23.9. The largest absolute Gasteiger partial charge is 0.417 e. The van der Waals surface area contributed by atoms with Crippen LogP contribution in [0.15, 0.2) is 18.3 Å². The Morgan fingerprint density at radius 2 is 1.76 bits per heavy atom. The van der Waals surface area contributed by atoms with Crippen LogP contribution in [0.3, 0.4) is 0 Å². The van der Waals surface area contributed by atoms with Gasteiger partial charge in [0.1, 0.15) is 5.82 Å². The first kappa shape index (κ1) is 20.0. The number of likely N-dealkylation sites (tertiary alicyclic amines) is 1. The lowest BCUT2D eigenvalue weighted by Gasteiger charge is -2.36. The van der Waals surface area contributed by atoms with Crippen molar-refractivity contribution < 1.29 is 22.8 Å². The number of anilines is 1. The first-order chi connectivity index (χ1) is 13.8. The highest BCUT2D eigenvalue weighted by molar-refractivity contribution is 5.89. The van der Waals surface area contributed by atoms with Gasteiger partial charge >= 0.3 is 6.18 Å². The van der Waals surface area contributed by atoms with Crippen molar-refractivity contribution in [3.63, 3.8) is 0 Å². The van der Waals surface area contributed by atoms with Gasteiger partial charge in [0.2, 0.25) is 11.8 Å². The number of hydrogen-bond acceptors (Lipinski definition) is 4. The zero-order valence-corrected chi connectivity index (χ0v) is 16.2. The van der Waals surface area contributed by atoms with Gasteiger partial charge in [-0.15, -0.1) is 0 Å². The van der Waals surface area contributed by atoms with Crippen molar-refractivity contribution in [1.82, 2.24) is 14.8 Å². The number of hydrogen-bond donors (Lipinski definition) is 0. The molecule has 2 aliphatic heterocycles. The maximum absolute atomic E-state index is 12.9. The molecule has 3 aliphatic rings. The summed E-state index contributed by atoms with van der Waals surface area (Å²) >= 11 is 0. The second-order valence-corrected chi connectivity index (χ2v) is 8.10. The molecule has 158 valence electrons. The summed E-state index contributed by atoms with van der Waals surface area (Å²) in [5.74, 6) is 0.300. The molecule has 2 amide bonds. The van der Waals surface area contributed by atoms with Gasteiger partial charge in [0.05, 0.1) is 11.5 Å². The van der Waals surface area contributed by atoms with Gasteiger partial charge in [-0.3, -0.25) is 9.59 Å². The standard InChI is InChI=1S/C20H25F3N4O2/c21-20(22,23)15-5-6-17(24-12-15)25-7-9-26(10-8-25)19(29)14-11-18(28)27(13-14)16-3-1-2-4-16/h5-6,12,14,16H,1-4,7-11,13H2. The summed E-state index contributed by atoms with van der Waals surface area (Å²) in [6.07, 6.45) is 1.09. The van der Waals surface area contributed by atoms with Gasteiger partial charge in [-0.1, -0.05) is 12.8 Å². The Hall–Kier alpha value is -2.32. The average molecular weight is 410 g/mol. The number of pyridine rings is 1. The third kappa shape index (κ3) is 4.18. The van der Waals surface area contributed by atoms with E-state index in [9.17, 15) is 22.8 Å². The molecule has 29 heavy (non-hydrogen) atoms. The number of rotatable bonds is 3. The Labute approximate surface area is 167 Å². The second-order valence-electron chi connectivity index (χ2n) is 8.10. The number of carbonyl (C=O) groups excluding carboxylic acids is 2. The van der Waals surface area contributed by atoms with E-state index in [2.05, 4.69) is 4.98 Å². The smallest absolute Gasteiger partial charge is 0.353 e. The summed E-state index contributed by atoms with van der Waals surface area (Å²) in [4.78, 5) is 34.7. The van der Waals surface area contributed by atoms with Gasteiger partial charge in [-0.05, 0) is 25.0 Å². The lowest BCUT2D eigenvalue weighted by molar-refractivity contribution is -0.138. The molecule has 1 unspecified atom stereocenters. The summed E-state index contributed by atoms with van der Waals surface area (Å²) < 4.78 is 38.0. The fourth-order valence-corrected chi connectivity index (χ4v) is 4.62. The molecule has 1 aliphatic carbocycles. The van der Waals surface area contributed by atoms with Crippen LogP contribution in [0.4, 0.5) is 19.0 Å². The molecule has 1 aromatic rings. The van der Waals surface area contributed by atoms with Crippen molar-refractivity contribution in [2.75, 3.05) is 37.6 Å². The summed E-state index contributed by atoms with van der Waals surface area (Å²) in [6, 6.07) is 2.69. The highest BCUT2D eigenvalue weighted by atomic mass is 19.4. The van der Waals surface area contributed by atoms with E-state index >= 15 is 0 Å². The van der Waals surface area contributed by atoms with Crippen LogP contribution in [-0.2, 0) is 15.8 Å². The van der Waals surface area contributed by atoms with Crippen molar-refractivity contribution >= 4 is 17.6 Å². The molecule has 0 spiro atoms. The Morgan fingerprint density at radius 1 is 1.07 bits per heavy atom. The number of halogens is 3. The SMILES string of the molecule is O=C(C1CC(=O)N(C2CCCC2)C1)N1CCN(c2ccc(C(F)(F)F)cn2)CC1. The third-order valence-electron chi connectivity index (χ3n) is 6.26. The first-order valence-corrected chi connectivity index (χ1v) is 10.2. The fraction of sp³-hybridized carbons (Fsp3) is 0.650. The molecule has 0 radical (unpaired) electrons. The maximum atomic E-state index is 12.9. The Balaban J connectivity index is 1.31. The molecule has 2 saturated heterocycles. The quantitative estimate of drug-likeness (QED) is 0.769. The highest BCUT2D eigenvalue weighted by Crippen LogP contribution is 2.31. The van der Waals surface area contributed by atoms with Crippen LogP contribution >= 0.6 is 0 Å². The Morgan fingerprint density at radius 3 is 2.34 bits per heavy atom. The topological polar surface area (TPSA) is 56.8 Å². The van der Waals surface area contributed by atoms with E-state index in [1.165, 1.54) is 6.07 Å². The first-order valence-electron chi connectivity index (χ1n) is 10.2. The number of aromatic nitrogens is 1. The Kier molecular flexibility index (Phi) is 5.40. The lowest BCUT2D eigenvalue weighted by Crippen LogP contribution is -2.51. The molecule has 3 heterocycles. The van der Waals surface area contributed by atoms with Crippen LogP contribution in [0.5, 0.6) is 0 Å². The van der Waals surface area contributed by atoms with Crippen molar-refractivity contribution in [3.8, 4) is 0 Å². The van der Waals surface area contributed by atoms with Crippen molar-refractivity contribution in [2.24, 2.45) is 5.92 Å². The molecule has 0 bridgehead atoms. The number of nitrogens with zero attached hydrogens (tertiary/aromatic N) is 4. The van der Waals surface area contributed by atoms with Gasteiger partial charge in [0, 0.05) is 51.4 Å². The summed E-state index contributed by atoms with van der Waals surface area (Å²) in [7, 11) is 0. The molecule has 9 heteroatoms. The zero-order valence-electron chi connectivity index (χ0n) is 16.2. The molecular formula is C20H25F3N4O2. The summed E-state index contributed by atoms with van der Waals surface area (Å²) in [5, 5.41) is 0. The number of amides is 2. The van der Waals surface area contributed by atoms with Gasteiger partial charge in [0.25, 0.3) is 0 Å². The van der Waals surface area contributed by atoms with Gasteiger partial charge in [-0.2, -0.15) is 13.2 Å². The van der Waals surface area contributed by atoms with Gasteiger partial charge in [0.15, 0.2) is 0 Å². The molecule has 6 nitrogen and oxygen atoms in total. The Bertz CT molecular complexity index is 754. The lowest BCUT2D eigenvalue weighted by atomic mass is 10.1. The van der Waals surface area contributed by atoms with E-state index < -0.39 is 11.7 Å². The minimum absolute atomic E-state index is 0.0128. The molecule has 4 rings (SSSR count). The summed E-state index contributed by atoms with van der Waals surface area (Å²) in [5.41, 5.74) is -0.771. The van der Waals surface area contributed by atoms with E-state index in [-0.39, 0.29) is 24.2 Å². The van der Waals surface area contributed by atoms with E-state index in [0.717, 1.165) is 37.9 Å². The second kappa shape index (κ2) is 7.84. The third-order valence-corrected chi connectivity index (χ3v) is 6.26. The molecule has 0 N–H and O–H groups in total. The monoisotopic (exact) mass is 410 g/mol. The number of piperazine rings is 1. The minimum Gasteiger partial charge on any atom is -0.353 e. The van der Waals surface area contributed by atoms with Crippen molar-refractivity contribution in [2.45, 2.75) is 44.3 Å². The zero-order chi connectivity index (χ0) is 20.6. The molecule has 1 aromatic heterocycles. The predicted molar refractivity (Wildman–Crippen MR) is 100 cm³/mol. The van der Waals surface area contributed by atoms with Crippen molar-refractivity contribution in [1.29, 1.82) is 0 Å². The van der Waals surface area contributed by atoms with Crippen LogP contribution in [0.25, 0.3) is 0 Å². The van der Waals surface area contributed by atoms with Crippen LogP contribution in [0.2, 0.25) is 0 Å². The number of carbonyl (C=O) groups is 2. The number of alkyl halides is 3. The minimum atomic E-state index is -4.40. The summed E-state index contributed by atoms with van der Waals surface area (Å²) in [6.45, 7) is 2.50. The van der Waals surface area contributed by atoms with E-state index in [0.29, 0.717) is 44.6 Å². The van der Waals surface area contributed by atoms with Crippen LogP contribution in [-0.4, -0.2) is 65.4 Å². The molecule has 1 atom stereocenters.